The van der Waals surface area contributed by atoms with E-state index in [1.54, 1.807) is 18.9 Å². The third-order valence-electron chi connectivity index (χ3n) is 5.17. The molecule has 2 aromatic rings. The second kappa shape index (κ2) is 10.8. The number of anilines is 2. The molecule has 0 spiro atoms. The Hall–Kier alpha value is -2.36. The first kappa shape index (κ1) is 23.3. The molecule has 1 aliphatic rings. The minimum atomic E-state index is -0.264. The standard InChI is InChI=1S/C22H31N5O3S/c1-22(2,31-4)18-15-19(27-10-13-30-14-11-27)26-20(25-18)16-5-7-17(8-6-16)24-21(28)23-9-12-29-3/h5-8,15H,9-14H2,1-4H3,(H2,23,24,28). The highest BCUT2D eigenvalue weighted by Gasteiger charge is 2.25. The summed E-state index contributed by atoms with van der Waals surface area (Å²) in [7, 11) is 1.60. The van der Waals surface area contributed by atoms with Crippen LogP contribution in [-0.2, 0) is 14.2 Å². The third kappa shape index (κ3) is 6.32. The summed E-state index contributed by atoms with van der Waals surface area (Å²) in [5.74, 6) is 1.60. The zero-order chi connectivity index (χ0) is 22.3. The molecule has 1 aliphatic heterocycles. The van der Waals surface area contributed by atoms with Crippen molar-refractivity contribution in [2.45, 2.75) is 18.6 Å². The van der Waals surface area contributed by atoms with E-state index < -0.39 is 0 Å². The number of rotatable bonds is 8. The summed E-state index contributed by atoms with van der Waals surface area (Å²) in [6, 6.07) is 9.40. The molecule has 3 rings (SSSR count). The van der Waals surface area contributed by atoms with Gasteiger partial charge in [-0.1, -0.05) is 0 Å². The summed E-state index contributed by atoms with van der Waals surface area (Å²) >= 11 is 1.76. The smallest absolute Gasteiger partial charge is 0.319 e. The lowest BCUT2D eigenvalue weighted by atomic mass is 10.1. The summed E-state index contributed by atoms with van der Waals surface area (Å²) in [4.78, 5) is 23.9. The molecule has 31 heavy (non-hydrogen) atoms. The summed E-state index contributed by atoms with van der Waals surface area (Å²) < 4.78 is 10.3. The number of aromatic nitrogens is 2. The predicted octanol–water partition coefficient (Wildman–Crippen LogP) is 3.35. The van der Waals surface area contributed by atoms with Gasteiger partial charge in [0.1, 0.15) is 5.82 Å². The Morgan fingerprint density at radius 1 is 1.23 bits per heavy atom. The molecule has 0 unspecified atom stereocenters. The van der Waals surface area contributed by atoms with E-state index in [4.69, 9.17) is 19.4 Å². The van der Waals surface area contributed by atoms with E-state index in [0.29, 0.717) is 37.9 Å². The molecule has 1 saturated heterocycles. The molecule has 168 valence electrons. The number of benzene rings is 1. The molecule has 0 saturated carbocycles. The normalized spacial score (nSPS) is 14.4. The third-order valence-corrected chi connectivity index (χ3v) is 6.40. The molecule has 1 fully saturated rings. The van der Waals surface area contributed by atoms with Gasteiger partial charge in [-0.2, -0.15) is 11.8 Å². The lowest BCUT2D eigenvalue weighted by Gasteiger charge is -2.30. The van der Waals surface area contributed by atoms with E-state index in [-0.39, 0.29) is 10.8 Å². The molecule has 0 aliphatic carbocycles. The Bertz CT molecular complexity index is 870. The van der Waals surface area contributed by atoms with Crippen LogP contribution in [0.3, 0.4) is 0 Å². The Labute approximate surface area is 188 Å². The van der Waals surface area contributed by atoms with Crippen LogP contribution in [0.2, 0.25) is 0 Å². The first-order valence-corrected chi connectivity index (χ1v) is 11.6. The predicted molar refractivity (Wildman–Crippen MR) is 126 cm³/mol. The van der Waals surface area contributed by atoms with Crippen LogP contribution in [0.25, 0.3) is 11.4 Å². The quantitative estimate of drug-likeness (QED) is 0.603. The number of nitrogens with one attached hydrogen (secondary N) is 2. The fourth-order valence-electron chi connectivity index (χ4n) is 3.08. The number of urea groups is 1. The average molecular weight is 446 g/mol. The van der Waals surface area contributed by atoms with Crippen LogP contribution in [0.1, 0.15) is 19.5 Å². The van der Waals surface area contributed by atoms with Gasteiger partial charge < -0.3 is 25.0 Å². The Morgan fingerprint density at radius 3 is 2.58 bits per heavy atom. The number of thioether (sulfide) groups is 1. The molecule has 1 aromatic heterocycles. The van der Waals surface area contributed by atoms with Crippen LogP contribution >= 0.6 is 11.8 Å². The van der Waals surface area contributed by atoms with E-state index in [2.05, 4.69) is 41.7 Å². The van der Waals surface area contributed by atoms with Gasteiger partial charge in [-0.25, -0.2) is 14.8 Å². The van der Waals surface area contributed by atoms with E-state index in [0.717, 1.165) is 30.2 Å². The molecule has 2 N–H and O–H groups in total. The topological polar surface area (TPSA) is 88.6 Å². The Balaban J connectivity index is 1.83. The number of ether oxygens (including phenoxy) is 2. The monoisotopic (exact) mass is 445 g/mol. The second-order valence-electron chi connectivity index (χ2n) is 7.70. The fraction of sp³-hybridized carbons (Fsp3) is 0.500. The first-order valence-electron chi connectivity index (χ1n) is 10.3. The number of hydrogen-bond acceptors (Lipinski definition) is 7. The van der Waals surface area contributed by atoms with Crippen LogP contribution in [0.5, 0.6) is 0 Å². The SMILES string of the molecule is COCCNC(=O)Nc1ccc(-c2nc(N3CCOCC3)cc(C(C)(C)SC)n2)cc1. The number of carbonyl (C=O) groups excluding carboxylic acids is 1. The van der Waals surface area contributed by atoms with Crippen LogP contribution < -0.4 is 15.5 Å². The first-order chi connectivity index (χ1) is 14.9. The van der Waals surface area contributed by atoms with Crippen LogP contribution in [-0.4, -0.2) is 68.8 Å². The van der Waals surface area contributed by atoms with Crippen molar-refractivity contribution in [2.24, 2.45) is 0 Å². The van der Waals surface area contributed by atoms with Gasteiger partial charge in [-0.3, -0.25) is 0 Å². The summed E-state index contributed by atoms with van der Waals surface area (Å²) in [6.45, 7) is 8.30. The maximum atomic E-state index is 11.9. The van der Waals surface area contributed by atoms with Crippen molar-refractivity contribution in [1.82, 2.24) is 15.3 Å². The molecule has 2 amide bonds. The van der Waals surface area contributed by atoms with Gasteiger partial charge >= 0.3 is 6.03 Å². The number of nitrogens with zero attached hydrogens (tertiary/aromatic N) is 3. The summed E-state index contributed by atoms with van der Waals surface area (Å²) in [6.07, 6.45) is 2.09. The van der Waals surface area contributed by atoms with Crippen molar-refractivity contribution >= 4 is 29.3 Å². The van der Waals surface area contributed by atoms with Gasteiger partial charge in [0.05, 0.1) is 30.3 Å². The van der Waals surface area contributed by atoms with Gasteiger partial charge in [-0.05, 0) is 44.4 Å². The number of hydrogen-bond donors (Lipinski definition) is 2. The van der Waals surface area contributed by atoms with Crippen LogP contribution in [0.4, 0.5) is 16.3 Å². The van der Waals surface area contributed by atoms with Crippen molar-refractivity contribution in [3.8, 4) is 11.4 Å². The molecule has 2 heterocycles. The van der Waals surface area contributed by atoms with Crippen molar-refractivity contribution in [3.63, 3.8) is 0 Å². The van der Waals surface area contributed by atoms with E-state index >= 15 is 0 Å². The minimum absolute atomic E-state index is 0.138. The van der Waals surface area contributed by atoms with Gasteiger partial charge in [0.25, 0.3) is 0 Å². The maximum Gasteiger partial charge on any atom is 0.319 e. The van der Waals surface area contributed by atoms with Gasteiger partial charge in [-0.15, -0.1) is 0 Å². The van der Waals surface area contributed by atoms with Crippen molar-refractivity contribution in [1.29, 1.82) is 0 Å². The van der Waals surface area contributed by atoms with Gasteiger partial charge in [0, 0.05) is 44.1 Å². The van der Waals surface area contributed by atoms with Crippen molar-refractivity contribution in [3.05, 3.63) is 36.0 Å². The Kier molecular flexibility index (Phi) is 8.11. The van der Waals surface area contributed by atoms with Crippen LogP contribution in [0.15, 0.2) is 30.3 Å². The number of carbonyl (C=O) groups is 1. The highest BCUT2D eigenvalue weighted by atomic mass is 32.2. The zero-order valence-electron chi connectivity index (χ0n) is 18.6. The molecule has 0 radical (unpaired) electrons. The van der Waals surface area contributed by atoms with E-state index in [9.17, 15) is 4.79 Å². The molecule has 0 bridgehead atoms. The molecular weight excluding hydrogens is 414 g/mol. The fourth-order valence-corrected chi connectivity index (χ4v) is 3.39. The van der Waals surface area contributed by atoms with Gasteiger partial charge in [0.15, 0.2) is 5.82 Å². The number of amides is 2. The van der Waals surface area contributed by atoms with E-state index in [1.807, 2.05) is 24.3 Å². The number of morpholine rings is 1. The van der Waals surface area contributed by atoms with Crippen molar-refractivity contribution in [2.75, 3.05) is 63.0 Å². The maximum absolute atomic E-state index is 11.9. The van der Waals surface area contributed by atoms with Crippen molar-refractivity contribution < 1.29 is 14.3 Å². The highest BCUT2D eigenvalue weighted by molar-refractivity contribution is 7.99. The van der Waals surface area contributed by atoms with Crippen LogP contribution in [0, 0.1) is 0 Å². The number of methoxy groups -OCH3 is 1. The molecule has 0 atom stereocenters. The minimum Gasteiger partial charge on any atom is -0.383 e. The Morgan fingerprint density at radius 2 is 1.94 bits per heavy atom. The lowest BCUT2D eigenvalue weighted by molar-refractivity contribution is 0.122. The molecule has 1 aromatic carbocycles. The zero-order valence-corrected chi connectivity index (χ0v) is 19.4. The van der Waals surface area contributed by atoms with Gasteiger partial charge in [0.2, 0.25) is 0 Å². The van der Waals surface area contributed by atoms with E-state index in [1.165, 1.54) is 0 Å². The summed E-state index contributed by atoms with van der Waals surface area (Å²) in [5, 5.41) is 5.55. The lowest BCUT2D eigenvalue weighted by Crippen LogP contribution is -2.37. The molecule has 8 nitrogen and oxygen atoms in total. The summed E-state index contributed by atoms with van der Waals surface area (Å²) in [5.41, 5.74) is 2.59. The molecular formula is C22H31N5O3S. The highest BCUT2D eigenvalue weighted by Crippen LogP contribution is 2.35. The second-order valence-corrected chi connectivity index (χ2v) is 9.13. The molecule has 9 heteroatoms. The average Bonchev–Trinajstić information content (AvgIpc) is 2.80. The largest absolute Gasteiger partial charge is 0.383 e.